The van der Waals surface area contributed by atoms with Crippen LogP contribution in [0.2, 0.25) is 0 Å². The van der Waals surface area contributed by atoms with Crippen LogP contribution in [0, 0.1) is 6.92 Å². The monoisotopic (exact) mass is 414 g/mol. The fourth-order valence-corrected chi connectivity index (χ4v) is 3.28. The van der Waals surface area contributed by atoms with Crippen molar-refractivity contribution in [1.29, 1.82) is 0 Å². The van der Waals surface area contributed by atoms with Gasteiger partial charge in [-0.15, -0.1) is 0 Å². The van der Waals surface area contributed by atoms with Crippen molar-refractivity contribution in [3.05, 3.63) is 41.2 Å². The molecule has 10 heteroatoms. The first-order chi connectivity index (χ1) is 14.4. The van der Waals surface area contributed by atoms with E-state index >= 15 is 0 Å². The molecule has 3 N–H and O–H groups in total. The van der Waals surface area contributed by atoms with Crippen LogP contribution < -0.4 is 11.1 Å². The van der Waals surface area contributed by atoms with Gasteiger partial charge < -0.3 is 19.8 Å². The molecule has 0 saturated carbocycles. The maximum Gasteiger partial charge on any atom is 0.276 e. The van der Waals surface area contributed by atoms with Gasteiger partial charge in [0, 0.05) is 26.3 Å². The molecule has 0 radical (unpaired) electrons. The maximum absolute atomic E-state index is 12.9. The summed E-state index contributed by atoms with van der Waals surface area (Å²) in [5, 5.41) is 7.18. The number of anilines is 1. The van der Waals surface area contributed by atoms with E-state index in [1.807, 2.05) is 18.4 Å². The first kappa shape index (κ1) is 21.5. The van der Waals surface area contributed by atoms with Crippen molar-refractivity contribution < 1.29 is 19.1 Å². The third-order valence-corrected chi connectivity index (χ3v) is 4.76. The number of nitrogens with two attached hydrogens (primary N) is 1. The number of hydrogen-bond acceptors (Lipinski definition) is 6. The predicted octanol–water partition coefficient (Wildman–Crippen LogP) is 1.57. The molecule has 3 aromatic rings. The van der Waals surface area contributed by atoms with Crippen LogP contribution in [0.1, 0.15) is 33.5 Å². The molecular formula is C20H26N6O4. The highest BCUT2D eigenvalue weighted by Gasteiger charge is 2.20. The van der Waals surface area contributed by atoms with Crippen molar-refractivity contribution in [3.8, 4) is 0 Å². The summed E-state index contributed by atoms with van der Waals surface area (Å²) in [6.45, 7) is 5.06. The summed E-state index contributed by atoms with van der Waals surface area (Å²) in [4.78, 5) is 29.0. The Morgan fingerprint density at radius 2 is 2.03 bits per heavy atom. The molecule has 10 nitrogen and oxygen atoms in total. The predicted molar refractivity (Wildman–Crippen MR) is 112 cm³/mol. The van der Waals surface area contributed by atoms with Gasteiger partial charge in [-0.2, -0.15) is 5.10 Å². The average molecular weight is 414 g/mol. The van der Waals surface area contributed by atoms with Crippen LogP contribution in [0.3, 0.4) is 0 Å². The van der Waals surface area contributed by atoms with Gasteiger partial charge in [-0.25, -0.2) is 4.98 Å². The normalized spacial score (nSPS) is 12.3. The number of fused-ring (bicyclic) bond motifs is 1. The number of nitrogens with zero attached hydrogens (tertiary/aromatic N) is 4. The number of rotatable bonds is 9. The fourth-order valence-electron chi connectivity index (χ4n) is 3.28. The van der Waals surface area contributed by atoms with Crippen molar-refractivity contribution >= 4 is 28.8 Å². The van der Waals surface area contributed by atoms with Gasteiger partial charge in [0.25, 0.3) is 5.91 Å². The van der Waals surface area contributed by atoms with Gasteiger partial charge in [0.05, 0.1) is 36.0 Å². The lowest BCUT2D eigenvalue weighted by Gasteiger charge is -2.17. The molecule has 0 aliphatic rings. The van der Waals surface area contributed by atoms with E-state index in [-0.39, 0.29) is 12.0 Å². The van der Waals surface area contributed by atoms with Crippen LogP contribution in [0.15, 0.2) is 24.3 Å². The Balaban J connectivity index is 2.03. The molecule has 3 rings (SSSR count). The third-order valence-electron chi connectivity index (χ3n) is 4.76. The highest BCUT2D eigenvalue weighted by atomic mass is 16.5. The number of primary amides is 1. The zero-order valence-corrected chi connectivity index (χ0v) is 17.5. The Bertz CT molecular complexity index is 1070. The second-order valence-electron chi connectivity index (χ2n) is 6.87. The van der Waals surface area contributed by atoms with Gasteiger partial charge in [0.1, 0.15) is 5.69 Å². The maximum atomic E-state index is 12.9. The van der Waals surface area contributed by atoms with E-state index < -0.39 is 5.91 Å². The largest absolute Gasteiger partial charge is 0.382 e. The van der Waals surface area contributed by atoms with E-state index in [0.29, 0.717) is 42.4 Å². The van der Waals surface area contributed by atoms with Crippen LogP contribution in [-0.2, 0) is 22.6 Å². The number of hydrogen-bond donors (Lipinski definition) is 2. The molecule has 0 aliphatic heterocycles. The summed E-state index contributed by atoms with van der Waals surface area (Å²) in [7, 11) is 3.18. The molecule has 0 bridgehead atoms. The molecule has 1 unspecified atom stereocenters. The summed E-state index contributed by atoms with van der Waals surface area (Å²) in [6, 6.07) is 6.70. The first-order valence-electron chi connectivity index (χ1n) is 9.55. The van der Waals surface area contributed by atoms with Gasteiger partial charge in [0.2, 0.25) is 11.9 Å². The van der Waals surface area contributed by atoms with E-state index in [1.54, 1.807) is 43.2 Å². The second kappa shape index (κ2) is 9.06. The Labute approximate surface area is 174 Å². The standard InChI is InChI=1S/C20H26N6O4/c1-5-26-17(8-12(2)24-26)19(28)23-20-22-15-9-13(18(21)27)6-7-16(15)25(20)10-14(30-4)11-29-3/h6-9,14H,5,10-11H2,1-4H3,(H2,21,27)(H,22,23,28). The van der Waals surface area contributed by atoms with Gasteiger partial charge in [-0.05, 0) is 38.1 Å². The molecule has 2 amide bonds. The second-order valence-corrected chi connectivity index (χ2v) is 6.87. The van der Waals surface area contributed by atoms with E-state index in [2.05, 4.69) is 15.4 Å². The van der Waals surface area contributed by atoms with E-state index in [9.17, 15) is 9.59 Å². The minimum Gasteiger partial charge on any atom is -0.382 e. The average Bonchev–Trinajstić information content (AvgIpc) is 3.26. The molecule has 30 heavy (non-hydrogen) atoms. The lowest BCUT2D eigenvalue weighted by Crippen LogP contribution is -2.26. The Morgan fingerprint density at radius 1 is 1.27 bits per heavy atom. The van der Waals surface area contributed by atoms with Crippen molar-refractivity contribution in [3.63, 3.8) is 0 Å². The Kier molecular flexibility index (Phi) is 6.48. The van der Waals surface area contributed by atoms with Crippen molar-refractivity contribution in [1.82, 2.24) is 19.3 Å². The summed E-state index contributed by atoms with van der Waals surface area (Å²) < 4.78 is 14.2. The summed E-state index contributed by atoms with van der Waals surface area (Å²) in [5.74, 6) is -0.547. The van der Waals surface area contributed by atoms with Gasteiger partial charge in [-0.1, -0.05) is 0 Å². The van der Waals surface area contributed by atoms with Gasteiger partial charge in [0.15, 0.2) is 0 Å². The van der Waals surface area contributed by atoms with Crippen LogP contribution in [0.25, 0.3) is 11.0 Å². The number of methoxy groups -OCH3 is 2. The number of benzene rings is 1. The van der Waals surface area contributed by atoms with Gasteiger partial charge >= 0.3 is 0 Å². The fraction of sp³-hybridized carbons (Fsp3) is 0.400. The number of carbonyl (C=O) groups is 2. The summed E-state index contributed by atoms with van der Waals surface area (Å²) in [5.41, 5.74) is 8.18. The van der Waals surface area contributed by atoms with Gasteiger partial charge in [-0.3, -0.25) is 19.6 Å². The topological polar surface area (TPSA) is 126 Å². The Hall–Kier alpha value is -3.24. The third kappa shape index (κ3) is 4.34. The van der Waals surface area contributed by atoms with E-state index in [4.69, 9.17) is 15.2 Å². The van der Waals surface area contributed by atoms with Crippen LogP contribution in [-0.4, -0.2) is 58.1 Å². The number of ether oxygens (including phenoxy) is 2. The molecule has 0 spiro atoms. The Morgan fingerprint density at radius 3 is 2.67 bits per heavy atom. The number of imidazole rings is 1. The summed E-state index contributed by atoms with van der Waals surface area (Å²) >= 11 is 0. The van der Waals surface area contributed by atoms with Crippen LogP contribution in [0.4, 0.5) is 5.95 Å². The lowest BCUT2D eigenvalue weighted by molar-refractivity contribution is 0.0193. The smallest absolute Gasteiger partial charge is 0.276 e. The number of nitrogens with one attached hydrogen (secondary N) is 1. The first-order valence-corrected chi connectivity index (χ1v) is 9.55. The number of amides is 2. The molecule has 2 aromatic heterocycles. The zero-order chi connectivity index (χ0) is 21.8. The molecule has 1 atom stereocenters. The number of aromatic nitrogens is 4. The number of aryl methyl sites for hydroxylation is 2. The minimum atomic E-state index is -0.548. The van der Waals surface area contributed by atoms with Crippen molar-refractivity contribution in [2.24, 2.45) is 5.73 Å². The van der Waals surface area contributed by atoms with Crippen molar-refractivity contribution in [2.45, 2.75) is 33.0 Å². The molecule has 1 aromatic carbocycles. The molecular weight excluding hydrogens is 388 g/mol. The van der Waals surface area contributed by atoms with E-state index in [1.165, 1.54) is 0 Å². The SMILES string of the molecule is CCn1nc(C)cc1C(=O)Nc1nc2cc(C(N)=O)ccc2n1CC(COC)OC. The zero-order valence-electron chi connectivity index (χ0n) is 17.5. The highest BCUT2D eigenvalue weighted by Crippen LogP contribution is 2.23. The van der Waals surface area contributed by atoms with E-state index in [0.717, 1.165) is 11.2 Å². The molecule has 2 heterocycles. The molecule has 0 fully saturated rings. The minimum absolute atomic E-state index is 0.262. The lowest BCUT2D eigenvalue weighted by atomic mass is 10.2. The highest BCUT2D eigenvalue weighted by molar-refractivity contribution is 6.03. The number of carbonyl (C=O) groups excluding carboxylic acids is 2. The quantitative estimate of drug-likeness (QED) is 0.547. The molecule has 160 valence electrons. The van der Waals surface area contributed by atoms with Crippen LogP contribution >= 0.6 is 0 Å². The molecule has 0 aliphatic carbocycles. The summed E-state index contributed by atoms with van der Waals surface area (Å²) in [6.07, 6.45) is -0.262. The molecule has 0 saturated heterocycles. The van der Waals surface area contributed by atoms with Crippen molar-refractivity contribution in [2.75, 3.05) is 26.1 Å². The van der Waals surface area contributed by atoms with Crippen LogP contribution in [0.5, 0.6) is 0 Å².